The van der Waals surface area contributed by atoms with Crippen LogP contribution in [-0.4, -0.2) is 32.6 Å². The van der Waals surface area contributed by atoms with Gasteiger partial charge in [-0.1, -0.05) is 12.1 Å². The minimum atomic E-state index is -4.66. The topological polar surface area (TPSA) is 124 Å². The number of ketones is 1. The summed E-state index contributed by atoms with van der Waals surface area (Å²) in [4.78, 5) is 26.5. The number of carbonyl (C=O) groups excluding carboxylic acids is 1. The van der Waals surface area contributed by atoms with Crippen molar-refractivity contribution in [1.29, 1.82) is 5.26 Å². The average Bonchev–Trinajstić information content (AvgIpc) is 3.22. The molecule has 0 spiro atoms. The molecule has 186 valence electrons. The molecule has 3 aromatic rings. The Labute approximate surface area is 207 Å². The Kier molecular flexibility index (Phi) is 7.79. The standard InChI is InChI=1S/C23H18F3N5O4S/c1-13-8-20(23(24,25)26)28-22(16(13)10-27)36-12-15-9-14(5-7-19(15)35-3)4-6-18(32)21-17(31(33)34)11-30(2)29-21/h4-9,11H,12H2,1-3H3/b6-4+. The quantitative estimate of drug-likeness (QED) is 0.133. The van der Waals surface area contributed by atoms with E-state index >= 15 is 0 Å². The number of halogens is 3. The maximum Gasteiger partial charge on any atom is 0.433 e. The predicted octanol–water partition coefficient (Wildman–Crippen LogP) is 5.12. The molecule has 0 unspecified atom stereocenters. The summed E-state index contributed by atoms with van der Waals surface area (Å²) in [7, 11) is 2.88. The molecular weight excluding hydrogens is 499 g/mol. The van der Waals surface area contributed by atoms with Gasteiger partial charge in [0.05, 0.1) is 17.6 Å². The lowest BCUT2D eigenvalue weighted by atomic mass is 10.1. The Balaban J connectivity index is 1.88. The molecule has 0 amide bonds. The van der Waals surface area contributed by atoms with Crippen molar-refractivity contribution in [3.05, 3.63) is 80.3 Å². The van der Waals surface area contributed by atoms with Crippen LogP contribution in [0.15, 0.2) is 41.6 Å². The Morgan fingerprint density at radius 2 is 2.08 bits per heavy atom. The monoisotopic (exact) mass is 517 g/mol. The van der Waals surface area contributed by atoms with Gasteiger partial charge in [0.25, 0.3) is 0 Å². The molecule has 0 radical (unpaired) electrons. The number of nitrogens with zero attached hydrogens (tertiary/aromatic N) is 5. The Bertz CT molecular complexity index is 1410. The van der Waals surface area contributed by atoms with Crippen LogP contribution in [0, 0.1) is 28.4 Å². The van der Waals surface area contributed by atoms with Gasteiger partial charge < -0.3 is 4.74 Å². The SMILES string of the molecule is COc1ccc(/C=C/C(=O)c2nn(C)cc2[N+](=O)[O-])cc1CSc1nc(C(F)(F)F)cc(C)c1C#N. The van der Waals surface area contributed by atoms with Crippen LogP contribution in [0.2, 0.25) is 0 Å². The van der Waals surface area contributed by atoms with Gasteiger partial charge in [-0.05, 0) is 42.3 Å². The van der Waals surface area contributed by atoms with Gasteiger partial charge >= 0.3 is 11.9 Å². The first-order valence-electron chi connectivity index (χ1n) is 10.1. The van der Waals surface area contributed by atoms with E-state index in [1.807, 2.05) is 6.07 Å². The zero-order valence-electron chi connectivity index (χ0n) is 19.2. The largest absolute Gasteiger partial charge is 0.496 e. The Morgan fingerprint density at radius 3 is 2.69 bits per heavy atom. The zero-order chi connectivity index (χ0) is 26.6. The lowest BCUT2D eigenvalue weighted by molar-refractivity contribution is -0.385. The van der Waals surface area contributed by atoms with Gasteiger partial charge in [-0.15, -0.1) is 11.8 Å². The number of rotatable bonds is 8. The number of hydrogen-bond acceptors (Lipinski definition) is 8. The summed E-state index contributed by atoms with van der Waals surface area (Å²) in [6.45, 7) is 1.41. The van der Waals surface area contributed by atoms with Crippen LogP contribution in [-0.2, 0) is 19.0 Å². The number of ether oxygens (including phenoxy) is 1. The lowest BCUT2D eigenvalue weighted by Crippen LogP contribution is -2.10. The van der Waals surface area contributed by atoms with Gasteiger partial charge in [0, 0.05) is 18.4 Å². The number of carbonyl (C=O) groups is 1. The van der Waals surface area contributed by atoms with E-state index in [-0.39, 0.29) is 27.6 Å². The van der Waals surface area contributed by atoms with Gasteiger partial charge in [0.1, 0.15) is 28.7 Å². The second kappa shape index (κ2) is 10.6. The molecule has 2 aromatic heterocycles. The van der Waals surface area contributed by atoms with Crippen molar-refractivity contribution in [2.75, 3.05) is 7.11 Å². The maximum absolute atomic E-state index is 13.2. The maximum atomic E-state index is 13.2. The molecule has 0 bridgehead atoms. The summed E-state index contributed by atoms with van der Waals surface area (Å²) in [5, 5.41) is 24.3. The second-order valence-corrected chi connectivity index (χ2v) is 8.43. The van der Waals surface area contributed by atoms with Gasteiger partial charge in [-0.2, -0.15) is 23.5 Å². The van der Waals surface area contributed by atoms with E-state index in [4.69, 9.17) is 4.74 Å². The third-order valence-corrected chi connectivity index (χ3v) is 5.95. The average molecular weight is 517 g/mol. The fourth-order valence-corrected chi connectivity index (χ4v) is 4.26. The van der Waals surface area contributed by atoms with Crippen LogP contribution in [0.25, 0.3) is 6.08 Å². The van der Waals surface area contributed by atoms with Gasteiger partial charge in [-0.3, -0.25) is 19.6 Å². The summed E-state index contributed by atoms with van der Waals surface area (Å²) >= 11 is 0.944. The molecule has 0 aliphatic rings. The highest BCUT2D eigenvalue weighted by Gasteiger charge is 2.34. The van der Waals surface area contributed by atoms with Crippen molar-refractivity contribution < 1.29 is 27.6 Å². The second-order valence-electron chi connectivity index (χ2n) is 7.47. The van der Waals surface area contributed by atoms with Crippen molar-refractivity contribution in [2.24, 2.45) is 7.05 Å². The van der Waals surface area contributed by atoms with Crippen LogP contribution in [0.4, 0.5) is 18.9 Å². The number of methoxy groups -OCH3 is 1. The minimum Gasteiger partial charge on any atom is -0.496 e. The number of alkyl halides is 3. The van der Waals surface area contributed by atoms with E-state index in [1.54, 1.807) is 18.2 Å². The molecule has 0 atom stereocenters. The molecule has 0 aliphatic heterocycles. The molecule has 9 nitrogen and oxygen atoms in total. The van der Waals surface area contributed by atoms with Crippen LogP contribution in [0.5, 0.6) is 5.75 Å². The molecule has 0 aliphatic carbocycles. The molecule has 2 heterocycles. The molecule has 13 heteroatoms. The van der Waals surface area contributed by atoms with E-state index in [0.29, 0.717) is 16.9 Å². The lowest BCUT2D eigenvalue weighted by Gasteiger charge is -2.13. The smallest absolute Gasteiger partial charge is 0.433 e. The molecule has 3 rings (SSSR count). The van der Waals surface area contributed by atoms with E-state index in [9.17, 15) is 33.3 Å². The number of pyridine rings is 1. The van der Waals surface area contributed by atoms with Crippen molar-refractivity contribution in [3.63, 3.8) is 0 Å². The van der Waals surface area contributed by atoms with Crippen LogP contribution >= 0.6 is 11.8 Å². The van der Waals surface area contributed by atoms with E-state index in [0.717, 1.165) is 30.1 Å². The van der Waals surface area contributed by atoms with Gasteiger partial charge in [0.15, 0.2) is 0 Å². The minimum absolute atomic E-state index is 0.0468. The van der Waals surface area contributed by atoms with E-state index in [1.165, 1.54) is 31.8 Å². The highest BCUT2D eigenvalue weighted by atomic mass is 32.2. The van der Waals surface area contributed by atoms with Crippen molar-refractivity contribution in [2.45, 2.75) is 23.9 Å². The van der Waals surface area contributed by atoms with Crippen molar-refractivity contribution in [1.82, 2.24) is 14.8 Å². The summed E-state index contributed by atoms with van der Waals surface area (Å²) in [6.07, 6.45) is -0.963. The van der Waals surface area contributed by atoms with Crippen LogP contribution in [0.1, 0.15) is 38.4 Å². The number of allylic oxidation sites excluding steroid dienone is 1. The Morgan fingerprint density at radius 1 is 1.36 bits per heavy atom. The number of thioether (sulfide) groups is 1. The first-order chi connectivity index (χ1) is 16.9. The Hall–Kier alpha value is -4.18. The highest BCUT2D eigenvalue weighted by molar-refractivity contribution is 7.98. The number of nitriles is 1. The van der Waals surface area contributed by atoms with Crippen molar-refractivity contribution in [3.8, 4) is 11.8 Å². The van der Waals surface area contributed by atoms with Gasteiger partial charge in [0.2, 0.25) is 11.5 Å². The van der Waals surface area contributed by atoms with E-state index in [2.05, 4.69) is 10.1 Å². The summed E-state index contributed by atoms with van der Waals surface area (Å²) in [5.74, 6) is -0.114. The van der Waals surface area contributed by atoms with Gasteiger partial charge in [-0.25, -0.2) is 4.98 Å². The molecule has 0 N–H and O–H groups in total. The number of nitro groups is 1. The van der Waals surface area contributed by atoms with Crippen molar-refractivity contribution >= 4 is 29.3 Å². The third kappa shape index (κ3) is 5.89. The summed E-state index contributed by atoms with van der Waals surface area (Å²) in [5.41, 5.74) is -0.506. The zero-order valence-corrected chi connectivity index (χ0v) is 20.0. The summed E-state index contributed by atoms with van der Waals surface area (Å²) < 4.78 is 46.1. The molecule has 36 heavy (non-hydrogen) atoms. The third-order valence-electron chi connectivity index (χ3n) is 4.92. The molecule has 0 saturated heterocycles. The number of aromatic nitrogens is 3. The molecular formula is C23H18F3N5O4S. The molecule has 1 aromatic carbocycles. The predicted molar refractivity (Wildman–Crippen MR) is 124 cm³/mol. The molecule has 0 fully saturated rings. The normalized spacial score (nSPS) is 11.5. The number of aryl methyl sites for hydroxylation is 2. The fraction of sp³-hybridized carbons (Fsp3) is 0.217. The first kappa shape index (κ1) is 26.4. The number of benzene rings is 1. The number of hydrogen-bond donors (Lipinski definition) is 0. The van der Waals surface area contributed by atoms with E-state index < -0.39 is 28.3 Å². The highest BCUT2D eigenvalue weighted by Crippen LogP contribution is 2.35. The summed E-state index contributed by atoms with van der Waals surface area (Å²) in [6, 6.07) is 7.62. The first-order valence-corrected chi connectivity index (χ1v) is 11.1. The van der Waals surface area contributed by atoms with Crippen LogP contribution < -0.4 is 4.74 Å². The van der Waals surface area contributed by atoms with Crippen LogP contribution in [0.3, 0.4) is 0 Å². The fourth-order valence-electron chi connectivity index (χ4n) is 3.23. The molecule has 0 saturated carbocycles.